The van der Waals surface area contributed by atoms with Crippen LogP contribution in [-0.2, 0) is 16.0 Å². The number of hydrogen-bond donors (Lipinski definition) is 2. The highest BCUT2D eigenvalue weighted by Gasteiger charge is 2.42. The highest BCUT2D eigenvalue weighted by molar-refractivity contribution is 7.09. The van der Waals surface area contributed by atoms with Crippen LogP contribution in [0.3, 0.4) is 0 Å². The molecule has 7 nitrogen and oxygen atoms in total. The molecule has 2 heterocycles. The van der Waals surface area contributed by atoms with E-state index in [4.69, 9.17) is 0 Å². The molecule has 2 amide bonds. The average Bonchev–Trinajstić information content (AvgIpc) is 3.13. The molecule has 1 aromatic rings. The summed E-state index contributed by atoms with van der Waals surface area (Å²) in [6, 6.07) is -0.263. The Labute approximate surface area is 203 Å². The highest BCUT2D eigenvalue weighted by Crippen LogP contribution is 2.43. The SMILES string of the molecule is CC1(C)CCN(C(C)(C)C)[C@@H](C(=O)NCC(=O)NCCCc2nc(C=O)cs2)CC(C)(C)C1. The fourth-order valence-corrected chi connectivity index (χ4v) is 5.80. The molecule has 8 heteroatoms. The molecular weight excluding hydrogens is 436 g/mol. The maximum Gasteiger partial charge on any atom is 0.239 e. The third kappa shape index (κ3) is 8.81. The molecular formula is C25H42N4O3S. The van der Waals surface area contributed by atoms with Crippen molar-refractivity contribution < 1.29 is 14.4 Å². The zero-order valence-corrected chi connectivity index (χ0v) is 22.2. The zero-order chi connectivity index (χ0) is 24.9. The van der Waals surface area contributed by atoms with Crippen LogP contribution in [0.2, 0.25) is 0 Å². The van der Waals surface area contributed by atoms with Crippen LogP contribution in [0.25, 0.3) is 0 Å². The summed E-state index contributed by atoms with van der Waals surface area (Å²) in [6.07, 6.45) is 5.04. The van der Waals surface area contributed by atoms with Crippen molar-refractivity contribution in [1.82, 2.24) is 20.5 Å². The summed E-state index contributed by atoms with van der Waals surface area (Å²) in [4.78, 5) is 42.8. The van der Waals surface area contributed by atoms with Gasteiger partial charge in [0.1, 0.15) is 5.69 Å². The summed E-state index contributed by atoms with van der Waals surface area (Å²) in [6.45, 7) is 16.9. The first kappa shape index (κ1) is 27.4. The van der Waals surface area contributed by atoms with Crippen molar-refractivity contribution >= 4 is 29.4 Å². The van der Waals surface area contributed by atoms with Crippen LogP contribution in [0, 0.1) is 10.8 Å². The predicted molar refractivity (Wildman–Crippen MR) is 134 cm³/mol. The number of amides is 2. The second-order valence-corrected chi connectivity index (χ2v) is 12.7. The molecule has 1 saturated heterocycles. The van der Waals surface area contributed by atoms with Gasteiger partial charge in [-0.3, -0.25) is 19.3 Å². The zero-order valence-electron chi connectivity index (χ0n) is 21.4. The van der Waals surface area contributed by atoms with E-state index in [1.54, 1.807) is 5.38 Å². The lowest BCUT2D eigenvalue weighted by Crippen LogP contribution is -2.58. The number of likely N-dealkylation sites (tertiary alicyclic amines) is 1. The van der Waals surface area contributed by atoms with Gasteiger partial charge in [0.2, 0.25) is 11.8 Å². The molecule has 0 aromatic carbocycles. The number of carbonyl (C=O) groups is 3. The number of carbonyl (C=O) groups excluding carboxylic acids is 3. The molecule has 2 N–H and O–H groups in total. The Morgan fingerprint density at radius 2 is 1.91 bits per heavy atom. The predicted octanol–water partition coefficient (Wildman–Crippen LogP) is 3.83. The van der Waals surface area contributed by atoms with Gasteiger partial charge in [-0.2, -0.15) is 0 Å². The topological polar surface area (TPSA) is 91.4 Å². The van der Waals surface area contributed by atoms with Crippen molar-refractivity contribution in [2.75, 3.05) is 19.6 Å². The molecule has 0 radical (unpaired) electrons. The van der Waals surface area contributed by atoms with Gasteiger partial charge in [0, 0.05) is 23.9 Å². The van der Waals surface area contributed by atoms with Crippen LogP contribution in [0.4, 0.5) is 0 Å². The molecule has 0 unspecified atom stereocenters. The molecule has 1 aromatic heterocycles. The van der Waals surface area contributed by atoms with Crippen LogP contribution < -0.4 is 10.6 Å². The standard InChI is InChI=1S/C25H42N4O3S/c1-23(2,3)29-12-10-24(4,5)17-25(6,7)13-19(29)22(32)27-14-20(31)26-11-8-9-21-28-18(15-30)16-33-21/h15-16,19H,8-14,17H2,1-7H3,(H,26,31)(H,27,32)/t19-/m1/s1. The Balaban J connectivity index is 1.89. The van der Waals surface area contributed by atoms with E-state index < -0.39 is 0 Å². The van der Waals surface area contributed by atoms with E-state index in [9.17, 15) is 14.4 Å². The van der Waals surface area contributed by atoms with E-state index in [0.717, 1.165) is 43.5 Å². The van der Waals surface area contributed by atoms with E-state index in [1.807, 2.05) is 0 Å². The summed E-state index contributed by atoms with van der Waals surface area (Å²) in [7, 11) is 0. The molecule has 1 aliphatic rings. The van der Waals surface area contributed by atoms with Crippen molar-refractivity contribution in [2.45, 2.75) is 92.2 Å². The quantitative estimate of drug-likeness (QED) is 0.438. The van der Waals surface area contributed by atoms with Crippen LogP contribution in [0.15, 0.2) is 5.38 Å². The average molecular weight is 479 g/mol. The molecule has 0 aliphatic carbocycles. The number of nitrogens with one attached hydrogen (secondary N) is 2. The van der Waals surface area contributed by atoms with Gasteiger partial charge in [0.05, 0.1) is 17.6 Å². The summed E-state index contributed by atoms with van der Waals surface area (Å²) in [5.41, 5.74) is 0.554. The Morgan fingerprint density at radius 1 is 1.21 bits per heavy atom. The van der Waals surface area contributed by atoms with Crippen LogP contribution in [-0.4, -0.2) is 59.2 Å². The summed E-state index contributed by atoms with van der Waals surface area (Å²) in [5.74, 6) is -0.262. The van der Waals surface area contributed by atoms with Crippen molar-refractivity contribution in [1.29, 1.82) is 0 Å². The van der Waals surface area contributed by atoms with Crippen LogP contribution in [0.1, 0.15) is 89.6 Å². The number of rotatable bonds is 8. The summed E-state index contributed by atoms with van der Waals surface area (Å²) < 4.78 is 0. The molecule has 33 heavy (non-hydrogen) atoms. The maximum absolute atomic E-state index is 13.3. The van der Waals surface area contributed by atoms with E-state index in [-0.39, 0.29) is 40.8 Å². The van der Waals surface area contributed by atoms with Gasteiger partial charge in [0.15, 0.2) is 6.29 Å². The minimum atomic E-state index is -0.263. The Morgan fingerprint density at radius 3 is 2.52 bits per heavy atom. The first-order valence-electron chi connectivity index (χ1n) is 11.9. The van der Waals surface area contributed by atoms with Crippen molar-refractivity contribution in [3.63, 3.8) is 0 Å². The molecule has 0 bridgehead atoms. The number of aromatic nitrogens is 1. The number of thiazole rings is 1. The molecule has 1 aliphatic heterocycles. The van der Waals surface area contributed by atoms with Gasteiger partial charge >= 0.3 is 0 Å². The van der Waals surface area contributed by atoms with Crippen molar-refractivity contribution in [2.24, 2.45) is 10.8 Å². The molecule has 1 fully saturated rings. The second-order valence-electron chi connectivity index (χ2n) is 11.8. The fraction of sp³-hybridized carbons (Fsp3) is 0.760. The number of hydrogen-bond acceptors (Lipinski definition) is 6. The Kier molecular flexibility index (Phi) is 9.22. The lowest BCUT2D eigenvalue weighted by Gasteiger charge is -2.48. The molecule has 0 saturated carbocycles. The smallest absolute Gasteiger partial charge is 0.239 e. The second kappa shape index (κ2) is 11.1. The summed E-state index contributed by atoms with van der Waals surface area (Å²) >= 11 is 1.45. The minimum Gasteiger partial charge on any atom is -0.355 e. The summed E-state index contributed by atoms with van der Waals surface area (Å²) in [5, 5.41) is 8.37. The van der Waals surface area contributed by atoms with Gasteiger partial charge < -0.3 is 10.6 Å². The minimum absolute atomic E-state index is 0.0220. The number of nitrogens with zero attached hydrogens (tertiary/aromatic N) is 2. The highest BCUT2D eigenvalue weighted by atomic mass is 32.1. The molecule has 1 atom stereocenters. The fourth-order valence-electron chi connectivity index (χ4n) is 5.01. The van der Waals surface area contributed by atoms with Gasteiger partial charge in [-0.15, -0.1) is 11.3 Å². The van der Waals surface area contributed by atoms with Crippen LogP contribution in [0.5, 0.6) is 0 Å². The molecule has 186 valence electrons. The lowest BCUT2D eigenvalue weighted by molar-refractivity contribution is -0.133. The number of aldehydes is 1. The monoisotopic (exact) mass is 478 g/mol. The van der Waals surface area contributed by atoms with Crippen LogP contribution >= 0.6 is 11.3 Å². The third-order valence-electron chi connectivity index (χ3n) is 6.28. The normalized spacial score (nSPS) is 21.0. The first-order chi connectivity index (χ1) is 15.2. The Bertz CT molecular complexity index is 826. The maximum atomic E-state index is 13.3. The van der Waals surface area contributed by atoms with Gasteiger partial charge in [-0.25, -0.2) is 4.98 Å². The van der Waals surface area contributed by atoms with Crippen molar-refractivity contribution in [3.05, 3.63) is 16.1 Å². The van der Waals surface area contributed by atoms with Gasteiger partial charge in [0.25, 0.3) is 0 Å². The van der Waals surface area contributed by atoms with E-state index >= 15 is 0 Å². The van der Waals surface area contributed by atoms with Gasteiger partial charge in [-0.05, 0) is 63.8 Å². The first-order valence-corrected chi connectivity index (χ1v) is 12.8. The third-order valence-corrected chi connectivity index (χ3v) is 7.20. The van der Waals surface area contributed by atoms with E-state index in [1.165, 1.54) is 11.3 Å². The largest absolute Gasteiger partial charge is 0.355 e. The number of aryl methyl sites for hydroxylation is 1. The van der Waals surface area contributed by atoms with E-state index in [2.05, 4.69) is 69.0 Å². The van der Waals surface area contributed by atoms with Gasteiger partial charge in [-0.1, -0.05) is 27.7 Å². The molecule has 0 spiro atoms. The Hall–Kier alpha value is -1.80. The molecule has 2 rings (SSSR count). The lowest BCUT2D eigenvalue weighted by atomic mass is 9.68. The van der Waals surface area contributed by atoms with E-state index in [0.29, 0.717) is 18.7 Å². The van der Waals surface area contributed by atoms with Crippen molar-refractivity contribution in [3.8, 4) is 0 Å².